The quantitative estimate of drug-likeness (QED) is 0.384. The number of nitrogens with two attached hydrogens (primary N) is 1. The lowest BCUT2D eigenvalue weighted by Gasteiger charge is -2.07. The highest BCUT2D eigenvalue weighted by atomic mass is 16.3. The van der Waals surface area contributed by atoms with Crippen molar-refractivity contribution in [2.45, 2.75) is 19.0 Å². The van der Waals surface area contributed by atoms with Crippen molar-refractivity contribution < 1.29 is 9.21 Å². The molecule has 6 nitrogen and oxygen atoms in total. The van der Waals surface area contributed by atoms with Gasteiger partial charge in [-0.2, -0.15) is 0 Å². The molecule has 6 heteroatoms. The smallest absolute Gasteiger partial charge is 0.273 e. The summed E-state index contributed by atoms with van der Waals surface area (Å²) in [5.74, 6) is 0.0582. The standard InChI is InChI=1S/C25H22N4O2/c26-21(12-18-14-27-22-11-4-3-10-20(18)22)25-29-23(15-31-25)24(30)28-13-17-8-5-7-16-6-1-2-9-19(16)17/h1-11,14-15,21,27H,12-13,26H2,(H,28,30). The number of carbonyl (C=O) groups excluding carboxylic acids is 1. The Morgan fingerprint density at radius 2 is 1.77 bits per heavy atom. The van der Waals surface area contributed by atoms with Crippen molar-refractivity contribution in [1.82, 2.24) is 15.3 Å². The molecule has 2 heterocycles. The molecule has 0 radical (unpaired) electrons. The van der Waals surface area contributed by atoms with E-state index in [9.17, 15) is 4.79 Å². The normalized spacial score (nSPS) is 12.3. The molecule has 3 aromatic carbocycles. The van der Waals surface area contributed by atoms with Crippen LogP contribution in [-0.4, -0.2) is 15.9 Å². The van der Waals surface area contributed by atoms with Gasteiger partial charge >= 0.3 is 0 Å². The van der Waals surface area contributed by atoms with E-state index in [1.165, 1.54) is 6.26 Å². The maximum atomic E-state index is 12.6. The van der Waals surface area contributed by atoms with Crippen LogP contribution >= 0.6 is 0 Å². The van der Waals surface area contributed by atoms with E-state index in [1.54, 1.807) is 0 Å². The third kappa shape index (κ3) is 3.81. The molecule has 0 aliphatic rings. The molecule has 0 spiro atoms. The Morgan fingerprint density at radius 3 is 2.68 bits per heavy atom. The van der Waals surface area contributed by atoms with Crippen LogP contribution in [0.5, 0.6) is 0 Å². The number of H-pyrrole nitrogens is 1. The Labute approximate surface area is 179 Å². The van der Waals surface area contributed by atoms with E-state index in [-0.39, 0.29) is 11.6 Å². The van der Waals surface area contributed by atoms with Gasteiger partial charge < -0.3 is 20.5 Å². The highest BCUT2D eigenvalue weighted by molar-refractivity contribution is 5.92. The Hall–Kier alpha value is -3.90. The van der Waals surface area contributed by atoms with Crippen LogP contribution in [0, 0.1) is 0 Å². The molecule has 1 amide bonds. The predicted molar refractivity (Wildman–Crippen MR) is 121 cm³/mol. The lowest BCUT2D eigenvalue weighted by Crippen LogP contribution is -2.23. The predicted octanol–water partition coefficient (Wildman–Crippen LogP) is 4.48. The molecule has 0 fully saturated rings. The Balaban J connectivity index is 1.27. The first-order valence-electron chi connectivity index (χ1n) is 10.2. The molecule has 4 N–H and O–H groups in total. The van der Waals surface area contributed by atoms with E-state index < -0.39 is 6.04 Å². The lowest BCUT2D eigenvalue weighted by molar-refractivity contribution is 0.0946. The maximum absolute atomic E-state index is 12.6. The monoisotopic (exact) mass is 410 g/mol. The van der Waals surface area contributed by atoms with Gasteiger partial charge in [-0.15, -0.1) is 0 Å². The van der Waals surface area contributed by atoms with E-state index >= 15 is 0 Å². The van der Waals surface area contributed by atoms with Crippen LogP contribution in [0.2, 0.25) is 0 Å². The first kappa shape index (κ1) is 19.1. The summed E-state index contributed by atoms with van der Waals surface area (Å²) in [5.41, 5.74) is 9.74. The minimum atomic E-state index is -0.446. The average molecular weight is 410 g/mol. The zero-order valence-electron chi connectivity index (χ0n) is 16.8. The van der Waals surface area contributed by atoms with E-state index in [4.69, 9.17) is 10.2 Å². The fraction of sp³-hybridized carbons (Fsp3) is 0.120. The van der Waals surface area contributed by atoms with Gasteiger partial charge in [0.2, 0.25) is 5.89 Å². The number of para-hydroxylation sites is 1. The molecule has 5 aromatic rings. The van der Waals surface area contributed by atoms with Gasteiger partial charge in [0.25, 0.3) is 5.91 Å². The molecule has 1 atom stereocenters. The summed E-state index contributed by atoms with van der Waals surface area (Å²) in [5, 5.41) is 6.30. The minimum Gasteiger partial charge on any atom is -0.446 e. The first-order chi connectivity index (χ1) is 15.2. The van der Waals surface area contributed by atoms with Crippen LogP contribution in [0.25, 0.3) is 21.7 Å². The lowest BCUT2D eigenvalue weighted by atomic mass is 10.0. The van der Waals surface area contributed by atoms with E-state index in [0.717, 1.165) is 32.8 Å². The molecule has 0 bridgehead atoms. The fourth-order valence-corrected chi connectivity index (χ4v) is 3.90. The van der Waals surface area contributed by atoms with Gasteiger partial charge in [0.05, 0.1) is 6.04 Å². The van der Waals surface area contributed by atoms with Crippen LogP contribution in [0.1, 0.15) is 33.5 Å². The molecule has 5 rings (SSSR count). The molecule has 0 aliphatic heterocycles. The van der Waals surface area contributed by atoms with Gasteiger partial charge in [-0.05, 0) is 34.4 Å². The zero-order chi connectivity index (χ0) is 21.2. The Bertz CT molecular complexity index is 1360. The molecule has 0 aliphatic carbocycles. The summed E-state index contributed by atoms with van der Waals surface area (Å²) in [7, 11) is 0. The third-order valence-corrected chi connectivity index (χ3v) is 5.51. The zero-order valence-corrected chi connectivity index (χ0v) is 16.8. The summed E-state index contributed by atoms with van der Waals surface area (Å²) >= 11 is 0. The number of benzene rings is 3. The van der Waals surface area contributed by atoms with Gasteiger partial charge in [0, 0.05) is 23.6 Å². The Kier molecular flexibility index (Phi) is 4.98. The number of oxazole rings is 1. The Morgan fingerprint density at radius 1 is 1.00 bits per heavy atom. The number of aromatic amines is 1. The number of aromatic nitrogens is 2. The fourth-order valence-electron chi connectivity index (χ4n) is 3.90. The number of rotatable bonds is 6. The summed E-state index contributed by atoms with van der Waals surface area (Å²) in [4.78, 5) is 20.2. The molecule has 154 valence electrons. The van der Waals surface area contributed by atoms with Crippen LogP contribution < -0.4 is 11.1 Å². The topological polar surface area (TPSA) is 96.9 Å². The second-order valence-corrected chi connectivity index (χ2v) is 7.56. The average Bonchev–Trinajstić information content (AvgIpc) is 3.45. The van der Waals surface area contributed by atoms with Crippen LogP contribution in [-0.2, 0) is 13.0 Å². The van der Waals surface area contributed by atoms with Crippen molar-refractivity contribution in [3.63, 3.8) is 0 Å². The number of nitrogens with one attached hydrogen (secondary N) is 2. The maximum Gasteiger partial charge on any atom is 0.273 e. The van der Waals surface area contributed by atoms with Crippen molar-refractivity contribution in [1.29, 1.82) is 0 Å². The number of nitrogens with zero attached hydrogens (tertiary/aromatic N) is 1. The summed E-state index contributed by atoms with van der Waals surface area (Å²) in [6, 6.07) is 21.8. The first-order valence-corrected chi connectivity index (χ1v) is 10.2. The molecule has 1 unspecified atom stereocenters. The largest absolute Gasteiger partial charge is 0.446 e. The van der Waals surface area contributed by atoms with Crippen LogP contribution in [0.15, 0.2) is 83.6 Å². The summed E-state index contributed by atoms with van der Waals surface area (Å²) in [6.07, 6.45) is 3.87. The highest BCUT2D eigenvalue weighted by Crippen LogP contribution is 2.23. The number of carbonyl (C=O) groups is 1. The van der Waals surface area contributed by atoms with Gasteiger partial charge in [0.1, 0.15) is 6.26 Å². The van der Waals surface area contributed by atoms with Crippen LogP contribution in [0.4, 0.5) is 0 Å². The second-order valence-electron chi connectivity index (χ2n) is 7.56. The van der Waals surface area contributed by atoms with Crippen molar-refractivity contribution in [3.8, 4) is 0 Å². The highest BCUT2D eigenvalue weighted by Gasteiger charge is 2.19. The molecule has 0 saturated heterocycles. The van der Waals surface area contributed by atoms with E-state index in [1.807, 2.05) is 48.7 Å². The van der Waals surface area contributed by atoms with Crippen molar-refractivity contribution in [2.24, 2.45) is 5.73 Å². The van der Waals surface area contributed by atoms with E-state index in [0.29, 0.717) is 18.9 Å². The number of hydrogen-bond donors (Lipinski definition) is 3. The summed E-state index contributed by atoms with van der Waals surface area (Å²) < 4.78 is 5.52. The molecule has 31 heavy (non-hydrogen) atoms. The van der Waals surface area contributed by atoms with Crippen LogP contribution in [0.3, 0.4) is 0 Å². The van der Waals surface area contributed by atoms with Crippen molar-refractivity contribution in [2.75, 3.05) is 0 Å². The summed E-state index contributed by atoms with van der Waals surface area (Å²) in [6.45, 7) is 0.407. The van der Waals surface area contributed by atoms with Crippen molar-refractivity contribution >= 4 is 27.6 Å². The second kappa shape index (κ2) is 8.08. The molecule has 0 saturated carbocycles. The number of hydrogen-bond acceptors (Lipinski definition) is 4. The van der Waals surface area contributed by atoms with Gasteiger partial charge in [-0.3, -0.25) is 4.79 Å². The molecular formula is C25H22N4O2. The SMILES string of the molecule is NC(Cc1c[nH]c2ccccc12)c1nc(C(=O)NCc2cccc3ccccc23)co1. The van der Waals surface area contributed by atoms with E-state index in [2.05, 4.69) is 39.6 Å². The minimum absolute atomic E-state index is 0.226. The van der Waals surface area contributed by atoms with Gasteiger partial charge in [-0.1, -0.05) is 60.7 Å². The van der Waals surface area contributed by atoms with Crippen molar-refractivity contribution in [3.05, 3.63) is 102 Å². The van der Waals surface area contributed by atoms with Gasteiger partial charge in [0.15, 0.2) is 5.69 Å². The van der Waals surface area contributed by atoms with Gasteiger partial charge in [-0.25, -0.2) is 4.98 Å². The number of amides is 1. The third-order valence-electron chi connectivity index (χ3n) is 5.51. The molecule has 2 aromatic heterocycles. The molecular weight excluding hydrogens is 388 g/mol. The number of fused-ring (bicyclic) bond motifs is 2.